The van der Waals surface area contributed by atoms with E-state index in [9.17, 15) is 0 Å². The third-order valence-electron chi connectivity index (χ3n) is 1.62. The monoisotopic (exact) mass is 131 g/mol. The van der Waals surface area contributed by atoms with Crippen LogP contribution in [0.15, 0.2) is 0 Å². The molecular formula is C6H13NO2. The lowest BCUT2D eigenvalue weighted by atomic mass is 10.3. The topological polar surface area (TPSA) is 32.7 Å². The van der Waals surface area contributed by atoms with Gasteiger partial charge in [0, 0.05) is 13.0 Å². The Morgan fingerprint density at radius 3 is 2.78 bits per heavy atom. The molecule has 1 rings (SSSR count). The predicted molar refractivity (Wildman–Crippen MR) is 34.1 cm³/mol. The summed E-state index contributed by atoms with van der Waals surface area (Å²) < 4.78 is 5.16. The van der Waals surface area contributed by atoms with Crippen LogP contribution in [0, 0.1) is 0 Å². The molecule has 0 saturated carbocycles. The first-order valence-corrected chi connectivity index (χ1v) is 3.27. The summed E-state index contributed by atoms with van der Waals surface area (Å²) >= 11 is 0. The molecule has 1 saturated heterocycles. The van der Waals surface area contributed by atoms with Gasteiger partial charge >= 0.3 is 0 Å². The molecule has 54 valence electrons. The van der Waals surface area contributed by atoms with Crippen LogP contribution in [0.25, 0.3) is 0 Å². The summed E-state index contributed by atoms with van der Waals surface area (Å²) in [4.78, 5) is 2.02. The van der Waals surface area contributed by atoms with Crippen molar-refractivity contribution in [2.45, 2.75) is 12.6 Å². The molecule has 0 radical (unpaired) electrons. The highest BCUT2D eigenvalue weighted by Crippen LogP contribution is 2.13. The van der Waals surface area contributed by atoms with Crippen LogP contribution in [0.3, 0.4) is 0 Å². The van der Waals surface area contributed by atoms with E-state index in [0.717, 1.165) is 13.0 Å². The number of ether oxygens (including phenoxy) is 1. The Hall–Kier alpha value is -0.120. The molecule has 3 heteroatoms. The van der Waals surface area contributed by atoms with E-state index in [4.69, 9.17) is 9.84 Å². The van der Waals surface area contributed by atoms with E-state index in [1.54, 1.807) is 0 Å². The standard InChI is InChI=1S/C6H13NO2/c1-7(3-4-8)6-2-5-9-6/h6,8H,2-5H2,1H3. The minimum absolute atomic E-state index is 0.219. The molecular weight excluding hydrogens is 118 g/mol. The van der Waals surface area contributed by atoms with Gasteiger partial charge in [0.25, 0.3) is 0 Å². The minimum Gasteiger partial charge on any atom is -0.395 e. The Balaban J connectivity index is 2.08. The second-order valence-corrected chi connectivity index (χ2v) is 2.32. The molecule has 1 aliphatic heterocycles. The van der Waals surface area contributed by atoms with Gasteiger partial charge in [0.1, 0.15) is 6.23 Å². The lowest BCUT2D eigenvalue weighted by Gasteiger charge is -2.34. The Morgan fingerprint density at radius 2 is 2.44 bits per heavy atom. The number of hydrogen-bond donors (Lipinski definition) is 1. The Bertz CT molecular complexity index is 83.1. The van der Waals surface area contributed by atoms with Crippen LogP contribution < -0.4 is 0 Å². The average Bonchev–Trinajstić information content (AvgIpc) is 1.60. The molecule has 1 unspecified atom stereocenters. The molecule has 0 amide bonds. The van der Waals surface area contributed by atoms with Crippen LogP contribution in [0.4, 0.5) is 0 Å². The number of rotatable bonds is 3. The van der Waals surface area contributed by atoms with Crippen molar-refractivity contribution in [3.63, 3.8) is 0 Å². The zero-order valence-electron chi connectivity index (χ0n) is 5.71. The molecule has 1 aliphatic rings. The fraction of sp³-hybridized carbons (Fsp3) is 1.00. The van der Waals surface area contributed by atoms with Gasteiger partial charge in [-0.15, -0.1) is 0 Å². The molecule has 3 nitrogen and oxygen atoms in total. The zero-order valence-corrected chi connectivity index (χ0v) is 5.71. The molecule has 1 heterocycles. The van der Waals surface area contributed by atoms with Gasteiger partial charge < -0.3 is 9.84 Å². The molecule has 0 aliphatic carbocycles. The lowest BCUT2D eigenvalue weighted by Crippen LogP contribution is -2.43. The van der Waals surface area contributed by atoms with Gasteiger partial charge in [-0.2, -0.15) is 0 Å². The van der Waals surface area contributed by atoms with E-state index in [-0.39, 0.29) is 12.8 Å². The summed E-state index contributed by atoms with van der Waals surface area (Å²) in [7, 11) is 1.96. The quantitative estimate of drug-likeness (QED) is 0.568. The first-order valence-electron chi connectivity index (χ1n) is 3.27. The maximum atomic E-state index is 8.51. The van der Waals surface area contributed by atoms with Crippen molar-refractivity contribution < 1.29 is 9.84 Å². The van der Waals surface area contributed by atoms with Crippen LogP contribution in [0.1, 0.15) is 6.42 Å². The highest BCUT2D eigenvalue weighted by molar-refractivity contribution is 4.65. The normalized spacial score (nSPS) is 26.3. The third-order valence-corrected chi connectivity index (χ3v) is 1.62. The number of aliphatic hydroxyl groups excluding tert-OH is 1. The fourth-order valence-electron chi connectivity index (χ4n) is 0.873. The van der Waals surface area contributed by atoms with Crippen LogP contribution in [0.2, 0.25) is 0 Å². The Labute approximate surface area is 55.2 Å². The van der Waals surface area contributed by atoms with Crippen LogP contribution >= 0.6 is 0 Å². The highest BCUT2D eigenvalue weighted by atomic mass is 16.5. The van der Waals surface area contributed by atoms with Gasteiger partial charge in [0.2, 0.25) is 0 Å². The smallest absolute Gasteiger partial charge is 0.112 e. The molecule has 0 aromatic heterocycles. The van der Waals surface area contributed by atoms with Crippen LogP contribution in [-0.2, 0) is 4.74 Å². The maximum absolute atomic E-state index is 8.51. The molecule has 0 bridgehead atoms. The molecule has 1 N–H and O–H groups in total. The Kier molecular flexibility index (Phi) is 2.45. The van der Waals surface area contributed by atoms with Crippen LogP contribution in [-0.4, -0.2) is 43.0 Å². The van der Waals surface area contributed by atoms with Crippen molar-refractivity contribution in [2.24, 2.45) is 0 Å². The average molecular weight is 131 g/mol. The van der Waals surface area contributed by atoms with Gasteiger partial charge in [-0.05, 0) is 7.05 Å². The van der Waals surface area contributed by atoms with Gasteiger partial charge in [-0.25, -0.2) is 0 Å². The lowest BCUT2D eigenvalue weighted by molar-refractivity contribution is -0.137. The minimum atomic E-state index is 0.219. The molecule has 0 spiro atoms. The fourth-order valence-corrected chi connectivity index (χ4v) is 0.873. The third kappa shape index (κ3) is 1.64. The van der Waals surface area contributed by atoms with Crippen molar-refractivity contribution >= 4 is 0 Å². The summed E-state index contributed by atoms with van der Waals surface area (Å²) in [5.74, 6) is 0. The SMILES string of the molecule is CN(CCO)C1CCO1. The van der Waals surface area contributed by atoms with Crippen molar-refractivity contribution in [1.29, 1.82) is 0 Å². The number of nitrogens with zero attached hydrogens (tertiary/aromatic N) is 1. The van der Waals surface area contributed by atoms with E-state index < -0.39 is 0 Å². The van der Waals surface area contributed by atoms with E-state index in [2.05, 4.69) is 0 Å². The summed E-state index contributed by atoms with van der Waals surface area (Å²) in [6.45, 7) is 1.81. The van der Waals surface area contributed by atoms with E-state index in [1.165, 1.54) is 0 Å². The van der Waals surface area contributed by atoms with Gasteiger partial charge in [-0.1, -0.05) is 0 Å². The molecule has 1 fully saturated rings. The first-order chi connectivity index (χ1) is 4.34. The van der Waals surface area contributed by atoms with E-state index >= 15 is 0 Å². The first kappa shape index (κ1) is 6.99. The van der Waals surface area contributed by atoms with Crippen molar-refractivity contribution in [2.75, 3.05) is 26.8 Å². The second kappa shape index (κ2) is 3.15. The molecule has 0 aromatic rings. The summed E-state index contributed by atoms with van der Waals surface area (Å²) in [6, 6.07) is 0. The van der Waals surface area contributed by atoms with E-state index in [1.807, 2.05) is 11.9 Å². The van der Waals surface area contributed by atoms with Gasteiger partial charge in [-0.3, -0.25) is 4.90 Å². The molecule has 0 aromatic carbocycles. The van der Waals surface area contributed by atoms with Crippen molar-refractivity contribution in [1.82, 2.24) is 4.90 Å². The summed E-state index contributed by atoms with van der Waals surface area (Å²) in [5, 5.41) is 8.51. The van der Waals surface area contributed by atoms with Crippen LogP contribution in [0.5, 0.6) is 0 Å². The second-order valence-electron chi connectivity index (χ2n) is 2.32. The van der Waals surface area contributed by atoms with Gasteiger partial charge in [0.05, 0.1) is 13.2 Å². The largest absolute Gasteiger partial charge is 0.395 e. The Morgan fingerprint density at radius 1 is 1.78 bits per heavy atom. The number of hydrogen-bond acceptors (Lipinski definition) is 3. The summed E-state index contributed by atoms with van der Waals surface area (Å²) in [5.41, 5.74) is 0. The number of likely N-dealkylation sites (N-methyl/N-ethyl adjacent to an activating group) is 1. The zero-order chi connectivity index (χ0) is 6.69. The van der Waals surface area contributed by atoms with Crippen molar-refractivity contribution in [3.8, 4) is 0 Å². The molecule has 9 heavy (non-hydrogen) atoms. The summed E-state index contributed by atoms with van der Waals surface area (Å²) in [6.07, 6.45) is 1.38. The highest BCUT2D eigenvalue weighted by Gasteiger charge is 2.21. The van der Waals surface area contributed by atoms with Gasteiger partial charge in [0.15, 0.2) is 0 Å². The molecule has 1 atom stereocenters. The van der Waals surface area contributed by atoms with E-state index in [0.29, 0.717) is 6.54 Å². The number of aliphatic hydroxyl groups is 1. The predicted octanol–water partition coefficient (Wildman–Crippen LogP) is -0.343. The van der Waals surface area contributed by atoms with Crippen molar-refractivity contribution in [3.05, 3.63) is 0 Å². The maximum Gasteiger partial charge on any atom is 0.112 e.